The zero-order valence-electron chi connectivity index (χ0n) is 20.9. The highest BCUT2D eigenvalue weighted by Gasteiger charge is 2.35. The minimum absolute atomic E-state index is 0.0700. The summed E-state index contributed by atoms with van der Waals surface area (Å²) in [5.41, 5.74) is 4.69. The number of hydrogen-bond acceptors (Lipinski definition) is 6. The highest BCUT2D eigenvalue weighted by molar-refractivity contribution is 5.81. The van der Waals surface area contributed by atoms with E-state index >= 15 is 0 Å². The van der Waals surface area contributed by atoms with E-state index in [1.54, 1.807) is 4.90 Å². The van der Waals surface area contributed by atoms with Gasteiger partial charge in [-0.3, -0.25) is 0 Å². The first-order valence-electron chi connectivity index (χ1n) is 12.3. The lowest BCUT2D eigenvalue weighted by Crippen LogP contribution is -2.37. The zero-order valence-corrected chi connectivity index (χ0v) is 20.9. The van der Waals surface area contributed by atoms with Crippen LogP contribution in [0.15, 0.2) is 54.6 Å². The molecule has 7 nitrogen and oxygen atoms in total. The van der Waals surface area contributed by atoms with E-state index in [0.717, 1.165) is 54.3 Å². The van der Waals surface area contributed by atoms with Gasteiger partial charge in [-0.15, -0.1) is 0 Å². The van der Waals surface area contributed by atoms with Gasteiger partial charge in [-0.05, 0) is 54.9 Å². The molecule has 2 aliphatic rings. The Kier molecular flexibility index (Phi) is 6.32. The molecule has 0 saturated heterocycles. The number of carbonyl (C=O) groups is 1. The van der Waals surface area contributed by atoms with Gasteiger partial charge in [-0.1, -0.05) is 48.5 Å². The van der Waals surface area contributed by atoms with Crippen LogP contribution in [0.1, 0.15) is 48.7 Å². The normalized spacial score (nSPS) is 19.0. The third-order valence-corrected chi connectivity index (χ3v) is 7.05. The van der Waals surface area contributed by atoms with Crippen molar-refractivity contribution in [3.05, 3.63) is 71.5 Å². The number of carbonyl (C=O) groups excluding carboxylic acids is 1. The van der Waals surface area contributed by atoms with Crippen molar-refractivity contribution in [2.75, 3.05) is 31.4 Å². The Morgan fingerprint density at radius 1 is 0.914 bits per heavy atom. The van der Waals surface area contributed by atoms with Crippen LogP contribution in [-0.2, 0) is 4.74 Å². The van der Waals surface area contributed by atoms with Gasteiger partial charge >= 0.3 is 6.09 Å². The summed E-state index contributed by atoms with van der Waals surface area (Å²) in [7, 11) is 5.80. The maximum Gasteiger partial charge on any atom is 0.410 e. The van der Waals surface area contributed by atoms with Crippen LogP contribution in [0.25, 0.3) is 11.1 Å². The van der Waals surface area contributed by atoms with Crippen molar-refractivity contribution < 1.29 is 9.53 Å². The second-order valence-corrected chi connectivity index (χ2v) is 9.74. The summed E-state index contributed by atoms with van der Waals surface area (Å²) in [5.74, 6) is 2.49. The van der Waals surface area contributed by atoms with Gasteiger partial charge in [0.15, 0.2) is 0 Å². The molecule has 1 heterocycles. The summed E-state index contributed by atoms with van der Waals surface area (Å²) in [6.07, 6.45) is 3.19. The van der Waals surface area contributed by atoms with E-state index in [9.17, 15) is 4.79 Å². The minimum atomic E-state index is -0.264. The Labute approximate surface area is 207 Å². The van der Waals surface area contributed by atoms with Crippen LogP contribution in [0.3, 0.4) is 0 Å². The highest BCUT2D eigenvalue weighted by atomic mass is 16.6. The number of aromatic nitrogens is 2. The molecule has 1 N–H and O–H groups in total. The number of hydrogen-bond donors (Lipinski definition) is 1. The molecular weight excluding hydrogens is 438 g/mol. The fraction of sp³-hybridized carbons (Fsp3) is 0.393. The summed E-state index contributed by atoms with van der Waals surface area (Å²) in [5, 5.41) is 3.55. The number of rotatable bonds is 5. The van der Waals surface area contributed by atoms with Gasteiger partial charge in [-0.2, -0.15) is 0 Å². The third-order valence-electron chi connectivity index (χ3n) is 7.05. The molecular formula is C28H33N5O2. The molecule has 182 valence electrons. The standard InChI is InChI=1S/C28H33N5O2/c1-18-29-25(17-26(30-18)32(2)3)31-19-13-15-20(16-14-19)35-28(34)33(4)27-23-11-7-5-9-21(23)22-10-6-8-12-24(22)27/h5-12,17,19-20,27H,13-16H2,1-4H3,(H,29,30,31). The van der Waals surface area contributed by atoms with Gasteiger partial charge in [0, 0.05) is 33.3 Å². The molecule has 1 aromatic heterocycles. The summed E-state index contributed by atoms with van der Waals surface area (Å²) in [6, 6.07) is 18.8. The predicted octanol–water partition coefficient (Wildman–Crippen LogP) is 5.41. The van der Waals surface area contributed by atoms with Crippen molar-refractivity contribution in [2.45, 2.75) is 50.8 Å². The molecule has 0 bridgehead atoms. The average molecular weight is 472 g/mol. The monoisotopic (exact) mass is 471 g/mol. The van der Waals surface area contributed by atoms with Crippen molar-refractivity contribution in [3.8, 4) is 11.1 Å². The quantitative estimate of drug-likeness (QED) is 0.536. The lowest BCUT2D eigenvalue weighted by atomic mass is 9.93. The van der Waals surface area contributed by atoms with Crippen LogP contribution in [-0.4, -0.2) is 54.2 Å². The number of aryl methyl sites for hydroxylation is 1. The van der Waals surface area contributed by atoms with E-state index in [0.29, 0.717) is 6.04 Å². The maximum absolute atomic E-state index is 13.2. The number of benzene rings is 2. The van der Waals surface area contributed by atoms with Gasteiger partial charge in [-0.25, -0.2) is 14.8 Å². The molecule has 2 aliphatic carbocycles. The van der Waals surface area contributed by atoms with Gasteiger partial charge in [0.2, 0.25) is 0 Å². The number of ether oxygens (including phenoxy) is 1. The molecule has 1 fully saturated rings. The van der Waals surface area contributed by atoms with Crippen LogP contribution in [0.2, 0.25) is 0 Å². The van der Waals surface area contributed by atoms with E-state index < -0.39 is 0 Å². The van der Waals surface area contributed by atoms with E-state index in [4.69, 9.17) is 4.74 Å². The van der Waals surface area contributed by atoms with Crippen molar-refractivity contribution in [2.24, 2.45) is 0 Å². The number of anilines is 2. The summed E-state index contributed by atoms with van der Waals surface area (Å²) in [6.45, 7) is 1.91. The average Bonchev–Trinajstić information content (AvgIpc) is 3.19. The summed E-state index contributed by atoms with van der Waals surface area (Å²) in [4.78, 5) is 25.9. The van der Waals surface area contributed by atoms with E-state index in [1.165, 1.54) is 11.1 Å². The van der Waals surface area contributed by atoms with Crippen LogP contribution in [0, 0.1) is 6.92 Å². The molecule has 1 amide bonds. The molecule has 2 aromatic carbocycles. The van der Waals surface area contributed by atoms with Crippen LogP contribution in [0.4, 0.5) is 16.4 Å². The Morgan fingerprint density at radius 2 is 1.51 bits per heavy atom. The van der Waals surface area contributed by atoms with Gasteiger partial charge in [0.05, 0.1) is 6.04 Å². The molecule has 1 saturated carbocycles. The fourth-order valence-corrected chi connectivity index (χ4v) is 5.27. The SMILES string of the molecule is Cc1nc(NC2CCC(OC(=O)N(C)C3c4ccccc4-c4ccccc43)CC2)cc(N(C)C)n1. The Morgan fingerprint density at radius 3 is 2.11 bits per heavy atom. The lowest BCUT2D eigenvalue weighted by Gasteiger charge is -2.32. The van der Waals surface area contributed by atoms with E-state index in [-0.39, 0.29) is 18.2 Å². The van der Waals surface area contributed by atoms with Crippen LogP contribution in [0.5, 0.6) is 0 Å². The molecule has 0 atom stereocenters. The lowest BCUT2D eigenvalue weighted by molar-refractivity contribution is 0.0444. The summed E-state index contributed by atoms with van der Waals surface area (Å²) < 4.78 is 5.99. The summed E-state index contributed by atoms with van der Waals surface area (Å²) >= 11 is 0. The number of fused-ring (bicyclic) bond motifs is 3. The first-order valence-corrected chi connectivity index (χ1v) is 12.3. The van der Waals surface area contributed by atoms with E-state index in [2.05, 4.69) is 39.6 Å². The molecule has 0 aliphatic heterocycles. The number of nitrogens with zero attached hydrogens (tertiary/aromatic N) is 4. The topological polar surface area (TPSA) is 70.6 Å². The van der Waals surface area contributed by atoms with Gasteiger partial charge in [0.25, 0.3) is 0 Å². The Hall–Kier alpha value is -3.61. The van der Waals surface area contributed by atoms with Crippen molar-refractivity contribution in [3.63, 3.8) is 0 Å². The molecule has 0 unspecified atom stereocenters. The van der Waals surface area contributed by atoms with Gasteiger partial charge < -0.3 is 19.9 Å². The van der Waals surface area contributed by atoms with Crippen molar-refractivity contribution in [1.82, 2.24) is 14.9 Å². The second-order valence-electron chi connectivity index (χ2n) is 9.74. The third kappa shape index (κ3) is 4.67. The smallest absolute Gasteiger partial charge is 0.410 e. The van der Waals surface area contributed by atoms with Crippen molar-refractivity contribution in [1.29, 1.82) is 0 Å². The maximum atomic E-state index is 13.2. The minimum Gasteiger partial charge on any atom is -0.446 e. The first kappa shape index (κ1) is 23.1. The molecule has 5 rings (SSSR count). The molecule has 35 heavy (non-hydrogen) atoms. The predicted molar refractivity (Wildman–Crippen MR) is 139 cm³/mol. The molecule has 3 aromatic rings. The molecule has 0 radical (unpaired) electrons. The highest BCUT2D eigenvalue weighted by Crippen LogP contribution is 2.46. The van der Waals surface area contributed by atoms with Gasteiger partial charge in [0.1, 0.15) is 23.6 Å². The zero-order chi connectivity index (χ0) is 24.5. The van der Waals surface area contributed by atoms with Crippen LogP contribution >= 0.6 is 0 Å². The number of amides is 1. The first-order chi connectivity index (χ1) is 16.9. The molecule has 0 spiro atoms. The molecule has 7 heteroatoms. The largest absolute Gasteiger partial charge is 0.446 e. The Balaban J connectivity index is 1.20. The van der Waals surface area contributed by atoms with E-state index in [1.807, 2.05) is 63.3 Å². The Bertz CT molecular complexity index is 1170. The fourth-order valence-electron chi connectivity index (χ4n) is 5.27. The second kappa shape index (κ2) is 9.56. The van der Waals surface area contributed by atoms with Crippen LogP contribution < -0.4 is 10.2 Å². The number of nitrogens with one attached hydrogen (secondary N) is 1. The van der Waals surface area contributed by atoms with Crippen molar-refractivity contribution >= 4 is 17.7 Å².